The molecular formula is C28H30F3N9O2. The molecule has 14 heteroatoms. The molecule has 0 spiro atoms. The number of benzene rings is 1. The van der Waals surface area contributed by atoms with E-state index in [1.54, 1.807) is 4.90 Å². The van der Waals surface area contributed by atoms with Crippen LogP contribution in [0.1, 0.15) is 17.5 Å². The van der Waals surface area contributed by atoms with Crippen molar-refractivity contribution in [2.24, 2.45) is 0 Å². The third kappa shape index (κ3) is 5.16. The molecule has 1 atom stereocenters. The van der Waals surface area contributed by atoms with Gasteiger partial charge in [0.2, 0.25) is 11.9 Å². The van der Waals surface area contributed by atoms with Gasteiger partial charge in [0, 0.05) is 38.8 Å². The van der Waals surface area contributed by atoms with Crippen LogP contribution in [0, 0.1) is 18.3 Å². The van der Waals surface area contributed by atoms with Gasteiger partial charge in [-0.25, -0.2) is 4.98 Å². The van der Waals surface area contributed by atoms with E-state index in [0.717, 1.165) is 4.68 Å². The Hall–Kier alpha value is -4.51. The van der Waals surface area contributed by atoms with Crippen molar-refractivity contribution in [1.82, 2.24) is 29.5 Å². The molecule has 1 amide bonds. The van der Waals surface area contributed by atoms with E-state index < -0.39 is 29.0 Å². The molecule has 5 rings (SSSR count). The standard InChI is InChI=1S/C28H30F3N9O2/c1-5-22(41)39-12-11-37(14-18(39)9-10-32)25-20-13-33-40(21-8-6-7-17(2)23(21)28(29,30)31)26(42)24(20)34-27(35-25)38-15-19(16-38)36(3)4/h5-8,13,18-19H,1,9,11-12,14-16H2,2-4H3/t18-/m0/s1. The lowest BCUT2D eigenvalue weighted by Crippen LogP contribution is -2.58. The number of hydrogen-bond donors (Lipinski definition) is 0. The van der Waals surface area contributed by atoms with Crippen LogP contribution in [-0.2, 0) is 11.0 Å². The second kappa shape index (κ2) is 11.1. The fraction of sp³-hybridized carbons (Fsp3) is 0.429. The van der Waals surface area contributed by atoms with E-state index >= 15 is 0 Å². The number of halogens is 3. The van der Waals surface area contributed by atoms with Crippen LogP contribution >= 0.6 is 0 Å². The van der Waals surface area contributed by atoms with Crippen molar-refractivity contribution < 1.29 is 18.0 Å². The number of aromatic nitrogens is 4. The van der Waals surface area contributed by atoms with Crippen molar-refractivity contribution >= 4 is 28.6 Å². The number of rotatable bonds is 6. The number of alkyl halides is 3. The van der Waals surface area contributed by atoms with Gasteiger partial charge in [0.25, 0.3) is 5.56 Å². The highest BCUT2D eigenvalue weighted by molar-refractivity contribution is 5.90. The lowest BCUT2D eigenvalue weighted by molar-refractivity contribution is -0.138. The number of piperazine rings is 1. The molecule has 42 heavy (non-hydrogen) atoms. The number of hydrogen-bond acceptors (Lipinski definition) is 9. The Morgan fingerprint density at radius 3 is 2.57 bits per heavy atom. The maximum Gasteiger partial charge on any atom is 0.418 e. The average Bonchev–Trinajstić information content (AvgIpc) is 2.91. The second-order valence-electron chi connectivity index (χ2n) is 10.7. The molecule has 0 radical (unpaired) electrons. The molecule has 0 unspecified atom stereocenters. The summed E-state index contributed by atoms with van der Waals surface area (Å²) >= 11 is 0. The smallest absolute Gasteiger partial charge is 0.352 e. The Labute approximate surface area is 240 Å². The minimum absolute atomic E-state index is 0.0383. The van der Waals surface area contributed by atoms with Crippen LogP contribution in [0.5, 0.6) is 0 Å². The van der Waals surface area contributed by atoms with Gasteiger partial charge >= 0.3 is 6.18 Å². The van der Waals surface area contributed by atoms with Crippen LogP contribution in [0.2, 0.25) is 0 Å². The minimum Gasteiger partial charge on any atom is -0.352 e. The molecule has 0 N–H and O–H groups in total. The van der Waals surface area contributed by atoms with E-state index in [0.29, 0.717) is 25.5 Å². The van der Waals surface area contributed by atoms with Crippen molar-refractivity contribution in [1.29, 1.82) is 5.26 Å². The van der Waals surface area contributed by atoms with Gasteiger partial charge < -0.3 is 19.6 Å². The summed E-state index contributed by atoms with van der Waals surface area (Å²) in [5.41, 5.74) is -2.27. The van der Waals surface area contributed by atoms with Crippen molar-refractivity contribution in [3.05, 3.63) is 58.5 Å². The van der Waals surface area contributed by atoms with Gasteiger partial charge in [0.05, 0.1) is 41.4 Å². The van der Waals surface area contributed by atoms with E-state index in [9.17, 15) is 28.0 Å². The Morgan fingerprint density at radius 2 is 1.93 bits per heavy atom. The largest absolute Gasteiger partial charge is 0.418 e. The first-order valence-corrected chi connectivity index (χ1v) is 13.4. The number of aryl methyl sites for hydroxylation is 1. The number of nitrogens with zero attached hydrogens (tertiary/aromatic N) is 9. The van der Waals surface area contributed by atoms with Gasteiger partial charge in [0.15, 0.2) is 0 Å². The van der Waals surface area contributed by atoms with E-state index in [1.807, 2.05) is 23.9 Å². The normalized spacial score (nSPS) is 17.9. The van der Waals surface area contributed by atoms with Crippen molar-refractivity contribution in [3.63, 3.8) is 0 Å². The van der Waals surface area contributed by atoms with E-state index in [-0.39, 0.29) is 53.9 Å². The highest BCUT2D eigenvalue weighted by Crippen LogP contribution is 2.36. The fourth-order valence-corrected chi connectivity index (χ4v) is 5.43. The quantitative estimate of drug-likeness (QED) is 0.405. The van der Waals surface area contributed by atoms with Crippen LogP contribution in [0.15, 0.2) is 41.8 Å². The van der Waals surface area contributed by atoms with Gasteiger partial charge in [-0.05, 0) is 38.7 Å². The number of amides is 1. The van der Waals surface area contributed by atoms with E-state index in [1.165, 1.54) is 37.4 Å². The number of carbonyl (C=O) groups is 1. The monoisotopic (exact) mass is 581 g/mol. The summed E-state index contributed by atoms with van der Waals surface area (Å²) in [6.45, 7) is 6.96. The Balaban J connectivity index is 1.66. The Morgan fingerprint density at radius 1 is 1.19 bits per heavy atom. The zero-order valence-electron chi connectivity index (χ0n) is 23.5. The summed E-state index contributed by atoms with van der Waals surface area (Å²) in [5.74, 6) is 0.350. The maximum atomic E-state index is 14.0. The first kappa shape index (κ1) is 29.0. The number of fused-ring (bicyclic) bond motifs is 1. The SMILES string of the molecule is C=CC(=O)N1CCN(c2nc(N3CC(N(C)C)C3)nc3c(=O)n(-c4cccc(C)c4C(F)(F)F)ncc23)C[C@@H]1CC#N. The highest BCUT2D eigenvalue weighted by Gasteiger charge is 2.37. The van der Waals surface area contributed by atoms with Gasteiger partial charge in [0.1, 0.15) is 11.3 Å². The van der Waals surface area contributed by atoms with Crippen LogP contribution in [-0.4, -0.2) is 94.4 Å². The minimum atomic E-state index is -4.71. The predicted molar refractivity (Wildman–Crippen MR) is 150 cm³/mol. The molecular weight excluding hydrogens is 551 g/mol. The van der Waals surface area contributed by atoms with Crippen LogP contribution in [0.3, 0.4) is 0 Å². The Kier molecular flexibility index (Phi) is 7.63. The topological polar surface area (TPSA) is 114 Å². The molecule has 4 heterocycles. The summed E-state index contributed by atoms with van der Waals surface area (Å²) in [6.07, 6.45) is -2.13. The Bertz CT molecular complexity index is 1640. The third-order valence-corrected chi connectivity index (χ3v) is 7.82. The zero-order chi connectivity index (χ0) is 30.3. The lowest BCUT2D eigenvalue weighted by atomic mass is 10.1. The molecule has 0 bridgehead atoms. The third-order valence-electron chi connectivity index (χ3n) is 7.82. The number of nitriles is 1. The molecule has 2 aliphatic rings. The van der Waals surface area contributed by atoms with E-state index in [4.69, 9.17) is 4.98 Å². The predicted octanol–water partition coefficient (Wildman–Crippen LogP) is 2.37. The highest BCUT2D eigenvalue weighted by atomic mass is 19.4. The second-order valence-corrected chi connectivity index (χ2v) is 10.7. The van der Waals surface area contributed by atoms with Gasteiger partial charge in [-0.3, -0.25) is 9.59 Å². The summed E-state index contributed by atoms with van der Waals surface area (Å²) < 4.78 is 42.9. The molecule has 2 aromatic heterocycles. The molecule has 220 valence electrons. The van der Waals surface area contributed by atoms with Crippen LogP contribution < -0.4 is 15.4 Å². The molecule has 0 aliphatic carbocycles. The first-order chi connectivity index (χ1) is 19.9. The van der Waals surface area contributed by atoms with Crippen molar-refractivity contribution in [2.75, 3.05) is 56.6 Å². The summed E-state index contributed by atoms with van der Waals surface area (Å²) in [7, 11) is 3.91. The summed E-state index contributed by atoms with van der Waals surface area (Å²) in [4.78, 5) is 43.0. The molecule has 2 saturated heterocycles. The molecule has 2 aliphatic heterocycles. The van der Waals surface area contributed by atoms with Gasteiger partial charge in [-0.15, -0.1) is 0 Å². The molecule has 11 nitrogen and oxygen atoms in total. The van der Waals surface area contributed by atoms with Crippen LogP contribution in [0.25, 0.3) is 16.6 Å². The van der Waals surface area contributed by atoms with Gasteiger partial charge in [-0.2, -0.15) is 33.2 Å². The first-order valence-electron chi connectivity index (χ1n) is 13.4. The zero-order valence-corrected chi connectivity index (χ0v) is 23.5. The van der Waals surface area contributed by atoms with Crippen molar-refractivity contribution in [3.8, 4) is 11.8 Å². The number of anilines is 2. The summed E-state index contributed by atoms with van der Waals surface area (Å²) in [6, 6.07) is 5.88. The molecule has 3 aromatic rings. The van der Waals surface area contributed by atoms with Crippen LogP contribution in [0.4, 0.5) is 24.9 Å². The maximum absolute atomic E-state index is 14.0. The summed E-state index contributed by atoms with van der Waals surface area (Å²) in [5, 5.41) is 13.8. The molecule has 2 fully saturated rings. The number of likely N-dealkylation sites (N-methyl/N-ethyl adjacent to an activating group) is 1. The molecule has 0 saturated carbocycles. The van der Waals surface area contributed by atoms with Gasteiger partial charge in [-0.1, -0.05) is 18.7 Å². The number of carbonyl (C=O) groups excluding carboxylic acids is 1. The lowest BCUT2D eigenvalue weighted by Gasteiger charge is -2.43. The fourth-order valence-electron chi connectivity index (χ4n) is 5.43. The van der Waals surface area contributed by atoms with Crippen molar-refractivity contribution in [2.45, 2.75) is 31.6 Å². The average molecular weight is 582 g/mol. The van der Waals surface area contributed by atoms with E-state index in [2.05, 4.69) is 27.6 Å². The molecule has 1 aromatic carbocycles.